The molecule has 1 aliphatic rings. The summed E-state index contributed by atoms with van der Waals surface area (Å²) >= 11 is 0. The van der Waals surface area contributed by atoms with Crippen LogP contribution in [0.25, 0.3) is 23.0 Å². The Balaban J connectivity index is 2.06. The Kier molecular flexibility index (Phi) is 4.63. The first-order chi connectivity index (χ1) is 13.2. The molecule has 27 heavy (non-hydrogen) atoms. The molecule has 0 bridgehead atoms. The number of hydrogen-bond acceptors (Lipinski definition) is 2. The number of nitrogens with zero attached hydrogens (tertiary/aromatic N) is 1. The Morgan fingerprint density at radius 3 is 2.56 bits per heavy atom. The maximum absolute atomic E-state index is 13.5. The molecule has 0 saturated carbocycles. The Bertz CT molecular complexity index is 1000. The smallest absolute Gasteiger partial charge is 0.340 e. The first-order valence-corrected chi connectivity index (χ1v) is 9.13. The molecular formula is C23H20FNO2. The van der Waals surface area contributed by atoms with E-state index in [0.717, 1.165) is 41.0 Å². The molecule has 0 atom stereocenters. The first kappa shape index (κ1) is 17.3. The Morgan fingerprint density at radius 2 is 1.85 bits per heavy atom. The molecule has 3 aromatic rings. The van der Waals surface area contributed by atoms with Gasteiger partial charge in [-0.1, -0.05) is 36.4 Å². The van der Waals surface area contributed by atoms with E-state index >= 15 is 0 Å². The number of hydrogen-bond donors (Lipinski definition) is 0. The molecule has 4 heteroatoms. The molecule has 1 heterocycles. The first-order valence-electron chi connectivity index (χ1n) is 9.13. The Hall–Kier alpha value is -3.14. The maximum atomic E-state index is 13.5. The van der Waals surface area contributed by atoms with E-state index in [0.29, 0.717) is 12.2 Å². The van der Waals surface area contributed by atoms with Crippen LogP contribution < -0.4 is 0 Å². The minimum Gasteiger partial charge on any atom is -0.462 e. The lowest BCUT2D eigenvalue weighted by Crippen LogP contribution is -2.09. The van der Waals surface area contributed by atoms with Gasteiger partial charge < -0.3 is 9.30 Å². The molecule has 1 aromatic heterocycles. The summed E-state index contributed by atoms with van der Waals surface area (Å²) in [5, 5.41) is 0. The molecule has 0 amide bonds. The quantitative estimate of drug-likeness (QED) is 0.581. The van der Waals surface area contributed by atoms with Crippen molar-refractivity contribution in [2.75, 3.05) is 6.61 Å². The number of ether oxygens (including phenoxy) is 1. The van der Waals surface area contributed by atoms with Crippen LogP contribution in [0.15, 0.2) is 60.7 Å². The average molecular weight is 361 g/mol. The molecule has 136 valence electrons. The summed E-state index contributed by atoms with van der Waals surface area (Å²) in [6, 6.07) is 16.1. The number of carbonyl (C=O) groups excluding carboxylic acids is 1. The number of benzene rings is 2. The normalized spacial score (nSPS) is 12.7. The zero-order valence-electron chi connectivity index (χ0n) is 15.1. The van der Waals surface area contributed by atoms with E-state index in [1.54, 1.807) is 12.1 Å². The minimum atomic E-state index is -0.316. The van der Waals surface area contributed by atoms with Gasteiger partial charge in [0.25, 0.3) is 0 Å². The number of halogens is 1. The van der Waals surface area contributed by atoms with E-state index in [9.17, 15) is 9.18 Å². The van der Waals surface area contributed by atoms with E-state index in [1.165, 1.54) is 12.1 Å². The summed E-state index contributed by atoms with van der Waals surface area (Å²) in [6.07, 6.45) is 5.79. The molecule has 2 aromatic carbocycles. The van der Waals surface area contributed by atoms with Crippen LogP contribution in [0.4, 0.5) is 4.39 Å². The highest BCUT2D eigenvalue weighted by Gasteiger charge is 2.29. The predicted molar refractivity (Wildman–Crippen MR) is 104 cm³/mol. The van der Waals surface area contributed by atoms with Gasteiger partial charge in [-0.2, -0.15) is 0 Å². The third kappa shape index (κ3) is 3.08. The van der Waals surface area contributed by atoms with Gasteiger partial charge in [-0.25, -0.2) is 9.18 Å². The molecule has 4 rings (SSSR count). The van der Waals surface area contributed by atoms with Crippen molar-refractivity contribution in [1.29, 1.82) is 0 Å². The second-order valence-corrected chi connectivity index (χ2v) is 6.43. The monoisotopic (exact) mass is 361 g/mol. The summed E-state index contributed by atoms with van der Waals surface area (Å²) in [7, 11) is 0. The maximum Gasteiger partial charge on any atom is 0.340 e. The third-order valence-electron chi connectivity index (χ3n) is 4.76. The second-order valence-electron chi connectivity index (χ2n) is 6.43. The molecule has 0 spiro atoms. The zero-order valence-corrected chi connectivity index (χ0v) is 15.1. The fourth-order valence-corrected chi connectivity index (χ4v) is 3.64. The van der Waals surface area contributed by atoms with E-state index in [2.05, 4.69) is 6.08 Å². The molecule has 3 nitrogen and oxygen atoms in total. The second kappa shape index (κ2) is 7.23. The van der Waals surface area contributed by atoms with Gasteiger partial charge in [-0.3, -0.25) is 0 Å². The van der Waals surface area contributed by atoms with Gasteiger partial charge in [0.2, 0.25) is 0 Å². The average Bonchev–Trinajstić information content (AvgIpc) is 3.05. The standard InChI is InChI=1S/C23H20FNO2/c1-2-27-23(26)21-19-10-6-7-11-20(19)25(18-14-12-17(24)13-15-18)22(21)16-8-4-3-5-9-16/h3-5,7-9,11-15H,2,6,10H2,1H3. The van der Waals surface area contributed by atoms with Crippen LogP contribution in [0.3, 0.4) is 0 Å². The number of esters is 1. The highest BCUT2D eigenvalue weighted by atomic mass is 19.1. The predicted octanol–water partition coefficient (Wildman–Crippen LogP) is 5.42. The largest absolute Gasteiger partial charge is 0.462 e. The summed E-state index contributed by atoms with van der Waals surface area (Å²) in [5.41, 5.74) is 5.07. The molecule has 0 N–H and O–H groups in total. The van der Waals surface area contributed by atoms with Crippen molar-refractivity contribution in [2.24, 2.45) is 0 Å². The number of allylic oxidation sites excluding steroid dienone is 1. The van der Waals surface area contributed by atoms with Gasteiger partial charge in [0.1, 0.15) is 5.82 Å². The van der Waals surface area contributed by atoms with Crippen molar-refractivity contribution in [3.05, 3.63) is 83.3 Å². The van der Waals surface area contributed by atoms with E-state index < -0.39 is 0 Å². The summed E-state index contributed by atoms with van der Waals surface area (Å²) in [4.78, 5) is 12.9. The van der Waals surface area contributed by atoms with E-state index in [-0.39, 0.29) is 11.8 Å². The minimum absolute atomic E-state index is 0.290. The molecule has 1 aliphatic carbocycles. The van der Waals surface area contributed by atoms with Crippen LogP contribution in [0.5, 0.6) is 0 Å². The van der Waals surface area contributed by atoms with Crippen molar-refractivity contribution in [2.45, 2.75) is 19.8 Å². The number of aromatic nitrogens is 1. The van der Waals surface area contributed by atoms with Crippen molar-refractivity contribution in [3.8, 4) is 16.9 Å². The van der Waals surface area contributed by atoms with Crippen molar-refractivity contribution in [3.63, 3.8) is 0 Å². The fourth-order valence-electron chi connectivity index (χ4n) is 3.64. The highest BCUT2D eigenvalue weighted by molar-refractivity contribution is 6.00. The van der Waals surface area contributed by atoms with Crippen LogP contribution in [-0.2, 0) is 11.2 Å². The van der Waals surface area contributed by atoms with Crippen LogP contribution in [0.2, 0.25) is 0 Å². The fraction of sp³-hybridized carbons (Fsp3) is 0.174. The van der Waals surface area contributed by atoms with Gasteiger partial charge in [-0.15, -0.1) is 0 Å². The molecule has 0 saturated heterocycles. The molecular weight excluding hydrogens is 341 g/mol. The Labute approximate surface area is 157 Å². The Morgan fingerprint density at radius 1 is 1.11 bits per heavy atom. The van der Waals surface area contributed by atoms with E-state index in [4.69, 9.17) is 4.74 Å². The van der Waals surface area contributed by atoms with Crippen molar-refractivity contribution < 1.29 is 13.9 Å². The topological polar surface area (TPSA) is 31.2 Å². The molecule has 0 radical (unpaired) electrons. The van der Waals surface area contributed by atoms with Gasteiger partial charge in [-0.05, 0) is 61.2 Å². The van der Waals surface area contributed by atoms with Gasteiger partial charge in [0, 0.05) is 5.69 Å². The van der Waals surface area contributed by atoms with Crippen LogP contribution in [0, 0.1) is 5.82 Å². The molecule has 0 aliphatic heterocycles. The summed E-state index contributed by atoms with van der Waals surface area (Å²) in [6.45, 7) is 2.13. The van der Waals surface area contributed by atoms with Crippen LogP contribution in [0.1, 0.15) is 35.0 Å². The van der Waals surface area contributed by atoms with Crippen molar-refractivity contribution >= 4 is 12.0 Å². The molecule has 0 unspecified atom stereocenters. The van der Waals surface area contributed by atoms with Crippen LogP contribution >= 0.6 is 0 Å². The van der Waals surface area contributed by atoms with Crippen molar-refractivity contribution in [1.82, 2.24) is 4.57 Å². The number of fused-ring (bicyclic) bond motifs is 1. The number of rotatable bonds is 4. The number of carbonyl (C=O) groups is 1. The zero-order chi connectivity index (χ0) is 18.8. The van der Waals surface area contributed by atoms with Gasteiger partial charge >= 0.3 is 5.97 Å². The highest BCUT2D eigenvalue weighted by Crippen LogP contribution is 2.38. The lowest BCUT2D eigenvalue weighted by molar-refractivity contribution is 0.0526. The van der Waals surface area contributed by atoms with E-state index in [1.807, 2.05) is 47.9 Å². The lowest BCUT2D eigenvalue weighted by atomic mass is 9.97. The molecule has 0 fully saturated rings. The summed E-state index contributed by atoms with van der Waals surface area (Å²) in [5.74, 6) is -0.606. The van der Waals surface area contributed by atoms with Crippen LogP contribution in [-0.4, -0.2) is 17.1 Å². The third-order valence-corrected chi connectivity index (χ3v) is 4.76. The lowest BCUT2D eigenvalue weighted by Gasteiger charge is -2.14. The summed E-state index contributed by atoms with van der Waals surface area (Å²) < 4.78 is 20.9. The van der Waals surface area contributed by atoms with Gasteiger partial charge in [0.05, 0.1) is 23.6 Å². The van der Waals surface area contributed by atoms with Gasteiger partial charge in [0.15, 0.2) is 0 Å². The SMILES string of the molecule is CCOC(=O)c1c2c(n(-c3ccc(F)cc3)c1-c1ccccc1)C=CCC2.